The van der Waals surface area contributed by atoms with Gasteiger partial charge in [0, 0.05) is 43.8 Å². The van der Waals surface area contributed by atoms with E-state index >= 15 is 0 Å². The fourth-order valence-corrected chi connectivity index (χ4v) is 2.86. The first-order chi connectivity index (χ1) is 8.86. The fourth-order valence-electron chi connectivity index (χ4n) is 2.13. The molecule has 1 atom stereocenters. The molecule has 4 nitrogen and oxygen atoms in total. The maximum absolute atomic E-state index is 12.6. The quantitative estimate of drug-likeness (QED) is 0.923. The van der Waals surface area contributed by atoms with Crippen LogP contribution in [0.15, 0.2) is 6.20 Å². The van der Waals surface area contributed by atoms with Crippen LogP contribution in [-0.4, -0.2) is 53.2 Å². The molecule has 9 heteroatoms. The molecule has 1 aliphatic rings. The maximum atomic E-state index is 12.6. The molecule has 116 valence electrons. The smallest absolute Gasteiger partial charge is 0.375 e. The minimum Gasteiger partial charge on any atom is -0.375 e. The molecule has 0 aromatic carbocycles. The highest BCUT2D eigenvalue weighted by Gasteiger charge is 2.40. The van der Waals surface area contributed by atoms with Crippen LogP contribution < -0.4 is 5.73 Å². The Labute approximate surface area is 126 Å². The standard InChI is InChI=1S/C11H17F3N4S.ClH/c1-8(11(12,13)14)18-4-2-17(3-5-18)7-9-6-16-10(15)19-9;/h6,8H,2-5,7H2,1H3,(H2,15,16);1H. The summed E-state index contributed by atoms with van der Waals surface area (Å²) in [6.45, 7) is 4.09. The van der Waals surface area contributed by atoms with Crippen molar-refractivity contribution < 1.29 is 13.2 Å². The molecular formula is C11H18ClF3N4S. The Bertz CT molecular complexity index is 418. The third-order valence-corrected chi connectivity index (χ3v) is 4.19. The molecule has 1 aromatic heterocycles. The van der Waals surface area contributed by atoms with Gasteiger partial charge in [0.05, 0.1) is 0 Å². The molecule has 1 saturated heterocycles. The van der Waals surface area contributed by atoms with E-state index in [1.807, 2.05) is 0 Å². The second-order valence-corrected chi connectivity index (χ2v) is 5.84. The summed E-state index contributed by atoms with van der Waals surface area (Å²) in [5.74, 6) is 0. The molecule has 1 aromatic rings. The van der Waals surface area contributed by atoms with Gasteiger partial charge in [-0.15, -0.1) is 23.7 Å². The van der Waals surface area contributed by atoms with Crippen LogP contribution in [-0.2, 0) is 6.54 Å². The van der Waals surface area contributed by atoms with Crippen molar-refractivity contribution in [3.05, 3.63) is 11.1 Å². The molecule has 1 fully saturated rings. The summed E-state index contributed by atoms with van der Waals surface area (Å²) < 4.78 is 37.8. The van der Waals surface area contributed by atoms with Crippen LogP contribution in [0.5, 0.6) is 0 Å². The number of thiazole rings is 1. The number of nitrogens with zero attached hydrogens (tertiary/aromatic N) is 3. The summed E-state index contributed by atoms with van der Waals surface area (Å²) >= 11 is 1.42. The Balaban J connectivity index is 0.00000200. The first kappa shape index (κ1) is 17.5. The number of alkyl halides is 3. The molecule has 0 bridgehead atoms. The third-order valence-electron chi connectivity index (χ3n) is 3.38. The summed E-state index contributed by atoms with van der Waals surface area (Å²) in [6.07, 6.45) is -2.42. The summed E-state index contributed by atoms with van der Waals surface area (Å²) in [5, 5.41) is 0.527. The maximum Gasteiger partial charge on any atom is 0.403 e. The number of hydrogen-bond donors (Lipinski definition) is 1. The van der Waals surface area contributed by atoms with Gasteiger partial charge in [0.25, 0.3) is 0 Å². The van der Waals surface area contributed by atoms with Gasteiger partial charge in [-0.05, 0) is 6.92 Å². The molecule has 2 heterocycles. The van der Waals surface area contributed by atoms with Crippen molar-refractivity contribution in [1.82, 2.24) is 14.8 Å². The molecular weight excluding hydrogens is 313 g/mol. The lowest BCUT2D eigenvalue weighted by Crippen LogP contribution is -2.53. The zero-order chi connectivity index (χ0) is 14.0. The van der Waals surface area contributed by atoms with Gasteiger partial charge in [0.2, 0.25) is 0 Å². The molecule has 1 unspecified atom stereocenters. The molecule has 0 amide bonds. The Kier molecular flexibility index (Phi) is 6.06. The van der Waals surface area contributed by atoms with Crippen molar-refractivity contribution in [1.29, 1.82) is 0 Å². The summed E-state index contributed by atoms with van der Waals surface area (Å²) in [6, 6.07) is -1.37. The van der Waals surface area contributed by atoms with E-state index in [1.54, 1.807) is 6.20 Å². The Hall–Kier alpha value is -0.570. The average molecular weight is 331 g/mol. The van der Waals surface area contributed by atoms with Crippen molar-refractivity contribution >= 4 is 28.9 Å². The SMILES string of the molecule is CC(N1CCN(Cc2cnc(N)s2)CC1)C(F)(F)F.Cl. The van der Waals surface area contributed by atoms with Crippen molar-refractivity contribution in [2.45, 2.75) is 25.7 Å². The number of piperazine rings is 1. The molecule has 0 radical (unpaired) electrons. The van der Waals surface area contributed by atoms with Crippen LogP contribution >= 0.6 is 23.7 Å². The first-order valence-corrected chi connectivity index (χ1v) is 6.91. The second-order valence-electron chi connectivity index (χ2n) is 4.69. The topological polar surface area (TPSA) is 45.4 Å². The Morgan fingerprint density at radius 3 is 2.40 bits per heavy atom. The lowest BCUT2D eigenvalue weighted by atomic mass is 10.2. The summed E-state index contributed by atoms with van der Waals surface area (Å²) in [5.41, 5.74) is 5.55. The van der Waals surface area contributed by atoms with Crippen molar-refractivity contribution in [3.63, 3.8) is 0 Å². The first-order valence-electron chi connectivity index (χ1n) is 6.09. The van der Waals surface area contributed by atoms with E-state index in [-0.39, 0.29) is 12.4 Å². The molecule has 0 aliphatic carbocycles. The highest BCUT2D eigenvalue weighted by atomic mass is 35.5. The predicted molar refractivity (Wildman–Crippen MR) is 76.1 cm³/mol. The van der Waals surface area contributed by atoms with E-state index in [0.29, 0.717) is 37.9 Å². The number of anilines is 1. The van der Waals surface area contributed by atoms with Crippen LogP contribution in [0, 0.1) is 0 Å². The largest absolute Gasteiger partial charge is 0.403 e. The van der Waals surface area contributed by atoms with Gasteiger partial charge < -0.3 is 5.73 Å². The van der Waals surface area contributed by atoms with Gasteiger partial charge in [-0.3, -0.25) is 9.80 Å². The van der Waals surface area contributed by atoms with Crippen LogP contribution in [0.4, 0.5) is 18.3 Å². The van der Waals surface area contributed by atoms with Crippen molar-refractivity contribution in [3.8, 4) is 0 Å². The molecule has 20 heavy (non-hydrogen) atoms. The van der Waals surface area contributed by atoms with Gasteiger partial charge in [-0.1, -0.05) is 0 Å². The second kappa shape index (κ2) is 6.93. The monoisotopic (exact) mass is 330 g/mol. The molecule has 0 spiro atoms. The third kappa shape index (κ3) is 4.47. The van der Waals surface area contributed by atoms with Crippen LogP contribution in [0.2, 0.25) is 0 Å². The number of rotatable bonds is 3. The van der Waals surface area contributed by atoms with E-state index in [4.69, 9.17) is 5.73 Å². The summed E-state index contributed by atoms with van der Waals surface area (Å²) in [4.78, 5) is 8.63. The number of nitrogen functional groups attached to an aromatic ring is 1. The van der Waals surface area contributed by atoms with E-state index in [9.17, 15) is 13.2 Å². The number of aromatic nitrogens is 1. The summed E-state index contributed by atoms with van der Waals surface area (Å²) in [7, 11) is 0. The van der Waals surface area contributed by atoms with Gasteiger partial charge in [0.15, 0.2) is 5.13 Å². The Morgan fingerprint density at radius 2 is 1.95 bits per heavy atom. The van der Waals surface area contributed by atoms with Gasteiger partial charge in [-0.2, -0.15) is 13.2 Å². The van der Waals surface area contributed by atoms with E-state index < -0.39 is 12.2 Å². The number of halogens is 4. The van der Waals surface area contributed by atoms with E-state index in [1.165, 1.54) is 23.2 Å². The van der Waals surface area contributed by atoms with Gasteiger partial charge in [-0.25, -0.2) is 4.98 Å². The van der Waals surface area contributed by atoms with Crippen LogP contribution in [0.3, 0.4) is 0 Å². The zero-order valence-corrected chi connectivity index (χ0v) is 12.7. The van der Waals surface area contributed by atoms with Gasteiger partial charge >= 0.3 is 6.18 Å². The fraction of sp³-hybridized carbons (Fsp3) is 0.727. The van der Waals surface area contributed by atoms with Crippen molar-refractivity contribution in [2.75, 3.05) is 31.9 Å². The lowest BCUT2D eigenvalue weighted by molar-refractivity contribution is -0.182. The minimum absolute atomic E-state index is 0. The predicted octanol–water partition coefficient (Wildman–Crippen LogP) is 2.22. The average Bonchev–Trinajstić information content (AvgIpc) is 2.74. The number of nitrogens with two attached hydrogens (primary N) is 1. The van der Waals surface area contributed by atoms with Crippen molar-refractivity contribution in [2.24, 2.45) is 0 Å². The van der Waals surface area contributed by atoms with Crippen LogP contribution in [0.25, 0.3) is 0 Å². The highest BCUT2D eigenvalue weighted by molar-refractivity contribution is 7.15. The van der Waals surface area contributed by atoms with Gasteiger partial charge in [0.1, 0.15) is 6.04 Å². The molecule has 2 rings (SSSR count). The highest BCUT2D eigenvalue weighted by Crippen LogP contribution is 2.25. The molecule has 0 saturated carbocycles. The number of hydrogen-bond acceptors (Lipinski definition) is 5. The van der Waals surface area contributed by atoms with E-state index in [0.717, 1.165) is 4.88 Å². The molecule has 1 aliphatic heterocycles. The zero-order valence-electron chi connectivity index (χ0n) is 11.1. The lowest BCUT2D eigenvalue weighted by Gasteiger charge is -2.38. The van der Waals surface area contributed by atoms with Crippen LogP contribution in [0.1, 0.15) is 11.8 Å². The molecule has 2 N–H and O–H groups in total. The van der Waals surface area contributed by atoms with E-state index in [2.05, 4.69) is 9.88 Å². The minimum atomic E-state index is -4.14. The normalized spacial score (nSPS) is 19.6. The Morgan fingerprint density at radius 1 is 1.35 bits per heavy atom.